The first kappa shape index (κ1) is 16.5. The number of hydrogen-bond acceptors (Lipinski definition) is 7. The molecule has 28 heavy (non-hydrogen) atoms. The van der Waals surface area contributed by atoms with Gasteiger partial charge in [0.2, 0.25) is 5.88 Å². The molecule has 4 aromatic heterocycles. The zero-order valence-electron chi connectivity index (χ0n) is 15.0. The molecule has 10 nitrogen and oxygen atoms in total. The predicted octanol–water partition coefficient (Wildman–Crippen LogP) is 1.83. The molecule has 0 fully saturated rings. The molecule has 1 atom stereocenters. The molecule has 142 valence electrons. The largest absolute Gasteiger partial charge is 0.488 e. The summed E-state index contributed by atoms with van der Waals surface area (Å²) in [5.74, 6) is 1.92. The van der Waals surface area contributed by atoms with Gasteiger partial charge in [0.05, 0.1) is 18.3 Å². The first-order valence-corrected chi connectivity index (χ1v) is 8.98. The summed E-state index contributed by atoms with van der Waals surface area (Å²) in [6.45, 7) is 2.45. The number of aromatic nitrogens is 7. The van der Waals surface area contributed by atoms with Crippen molar-refractivity contribution in [1.82, 2.24) is 34.7 Å². The summed E-state index contributed by atoms with van der Waals surface area (Å²) >= 11 is 0. The van der Waals surface area contributed by atoms with E-state index in [4.69, 9.17) is 9.47 Å². The summed E-state index contributed by atoms with van der Waals surface area (Å²) in [7, 11) is 0. The summed E-state index contributed by atoms with van der Waals surface area (Å²) in [5.41, 5.74) is 1.31. The summed E-state index contributed by atoms with van der Waals surface area (Å²) in [6, 6.07) is 5.29. The maximum Gasteiger partial charge on any atom is 0.333 e. The van der Waals surface area contributed by atoms with Crippen LogP contribution in [0.5, 0.6) is 11.6 Å². The van der Waals surface area contributed by atoms with Crippen LogP contribution in [-0.2, 0) is 0 Å². The number of nitrogens with one attached hydrogen (secondary N) is 2. The fourth-order valence-corrected chi connectivity index (χ4v) is 3.31. The number of pyridine rings is 2. The summed E-state index contributed by atoms with van der Waals surface area (Å²) in [5, 5.41) is 7.86. The topological polar surface area (TPSA) is 124 Å². The molecule has 2 N–H and O–H groups in total. The average molecular weight is 379 g/mol. The minimum Gasteiger partial charge on any atom is -0.488 e. The van der Waals surface area contributed by atoms with Crippen molar-refractivity contribution in [3.63, 3.8) is 0 Å². The van der Waals surface area contributed by atoms with Crippen LogP contribution in [-0.4, -0.2) is 47.4 Å². The van der Waals surface area contributed by atoms with Crippen molar-refractivity contribution in [1.29, 1.82) is 0 Å². The average Bonchev–Trinajstić information content (AvgIpc) is 3.32. The quantitative estimate of drug-likeness (QED) is 0.517. The lowest BCUT2D eigenvalue weighted by Crippen LogP contribution is -2.19. The van der Waals surface area contributed by atoms with Crippen LogP contribution in [0.2, 0.25) is 0 Å². The van der Waals surface area contributed by atoms with Crippen LogP contribution in [0.3, 0.4) is 0 Å². The van der Waals surface area contributed by atoms with Gasteiger partial charge in [-0.05, 0) is 31.9 Å². The number of H-pyrrole nitrogens is 2. The molecule has 0 unspecified atom stereocenters. The Morgan fingerprint density at radius 2 is 2.21 bits per heavy atom. The maximum atomic E-state index is 12.7. The van der Waals surface area contributed by atoms with E-state index in [1.54, 1.807) is 24.4 Å². The standard InChI is InChI=1S/C18H17N7O3/c1-10-3-2-8-27-17-11(15-20-9-21-24-15)4-5-13(22-17)25-14-12(28-10)6-7-19-16(14)23-18(25)26/h4-7,9-10H,2-3,8H2,1H3,(H,19,23,26)(H,20,21,24)/t10-/m1/s1. The van der Waals surface area contributed by atoms with E-state index in [-0.39, 0.29) is 11.8 Å². The molecule has 10 heteroatoms. The lowest BCUT2D eigenvalue weighted by atomic mass is 10.2. The van der Waals surface area contributed by atoms with Gasteiger partial charge in [0.25, 0.3) is 0 Å². The highest BCUT2D eigenvalue weighted by Crippen LogP contribution is 2.30. The van der Waals surface area contributed by atoms with Gasteiger partial charge in [0.15, 0.2) is 11.5 Å². The molecule has 0 radical (unpaired) electrons. The first-order valence-electron chi connectivity index (χ1n) is 8.98. The van der Waals surface area contributed by atoms with Gasteiger partial charge in [0, 0.05) is 12.3 Å². The molecule has 0 aliphatic carbocycles. The normalized spacial score (nSPS) is 16.7. The van der Waals surface area contributed by atoms with Crippen molar-refractivity contribution < 1.29 is 9.47 Å². The molecule has 5 rings (SSSR count). The van der Waals surface area contributed by atoms with E-state index in [0.717, 1.165) is 12.8 Å². The van der Waals surface area contributed by atoms with E-state index in [1.165, 1.54) is 10.9 Å². The van der Waals surface area contributed by atoms with Gasteiger partial charge in [-0.2, -0.15) is 4.98 Å². The van der Waals surface area contributed by atoms with Gasteiger partial charge in [-0.1, -0.05) is 0 Å². The molecule has 5 heterocycles. The summed E-state index contributed by atoms with van der Waals surface area (Å²) < 4.78 is 13.5. The second kappa shape index (κ2) is 6.48. The highest BCUT2D eigenvalue weighted by atomic mass is 16.5. The molecule has 2 bridgehead atoms. The summed E-state index contributed by atoms with van der Waals surface area (Å²) in [4.78, 5) is 27.2. The number of imidazole rings is 1. The van der Waals surface area contributed by atoms with Crippen LogP contribution in [0, 0.1) is 0 Å². The number of aromatic amines is 2. The molecule has 0 aromatic carbocycles. The third-order valence-corrected chi connectivity index (χ3v) is 4.61. The fourth-order valence-electron chi connectivity index (χ4n) is 3.31. The van der Waals surface area contributed by atoms with Gasteiger partial charge in [0.1, 0.15) is 23.4 Å². The number of nitrogens with zero attached hydrogens (tertiary/aromatic N) is 5. The Morgan fingerprint density at radius 3 is 3.07 bits per heavy atom. The van der Waals surface area contributed by atoms with Crippen molar-refractivity contribution in [2.24, 2.45) is 0 Å². The Morgan fingerprint density at radius 1 is 1.29 bits per heavy atom. The molecule has 0 spiro atoms. The second-order valence-electron chi connectivity index (χ2n) is 6.55. The first-order chi connectivity index (χ1) is 13.7. The van der Waals surface area contributed by atoms with Crippen molar-refractivity contribution in [3.05, 3.63) is 41.2 Å². The Bertz CT molecular complexity index is 1200. The van der Waals surface area contributed by atoms with E-state index in [2.05, 4.69) is 30.1 Å². The predicted molar refractivity (Wildman–Crippen MR) is 99.7 cm³/mol. The minimum atomic E-state index is -0.353. The van der Waals surface area contributed by atoms with E-state index in [0.29, 0.717) is 46.6 Å². The lowest BCUT2D eigenvalue weighted by molar-refractivity contribution is 0.193. The van der Waals surface area contributed by atoms with Crippen LogP contribution >= 0.6 is 0 Å². The van der Waals surface area contributed by atoms with Crippen LogP contribution in [0.1, 0.15) is 19.8 Å². The van der Waals surface area contributed by atoms with Crippen LogP contribution in [0.25, 0.3) is 28.4 Å². The fraction of sp³-hybridized carbons (Fsp3) is 0.278. The third-order valence-electron chi connectivity index (χ3n) is 4.61. The smallest absolute Gasteiger partial charge is 0.333 e. The van der Waals surface area contributed by atoms with Gasteiger partial charge in [-0.3, -0.25) is 4.98 Å². The Kier molecular flexibility index (Phi) is 3.81. The zero-order chi connectivity index (χ0) is 19.1. The van der Waals surface area contributed by atoms with Crippen molar-refractivity contribution in [2.75, 3.05) is 6.61 Å². The Hall–Kier alpha value is -3.69. The zero-order valence-corrected chi connectivity index (χ0v) is 15.0. The SMILES string of the molecule is C[C@@H]1CCCOc2nc(ccc2-c2nnc[nH]2)-n2c(=O)[nH]c3nccc(c32)O1. The van der Waals surface area contributed by atoms with E-state index < -0.39 is 0 Å². The molecule has 0 saturated carbocycles. The monoisotopic (exact) mass is 379 g/mol. The molecular weight excluding hydrogens is 362 g/mol. The highest BCUT2D eigenvalue weighted by Gasteiger charge is 2.20. The van der Waals surface area contributed by atoms with Crippen LogP contribution < -0.4 is 15.2 Å². The second-order valence-corrected chi connectivity index (χ2v) is 6.55. The van der Waals surface area contributed by atoms with Crippen LogP contribution in [0.15, 0.2) is 35.5 Å². The van der Waals surface area contributed by atoms with E-state index in [1.807, 2.05) is 6.92 Å². The lowest BCUT2D eigenvalue weighted by Gasteiger charge is -2.18. The minimum absolute atomic E-state index is 0.0490. The molecule has 4 aromatic rings. The highest BCUT2D eigenvalue weighted by molar-refractivity contribution is 5.80. The third kappa shape index (κ3) is 2.70. The van der Waals surface area contributed by atoms with Gasteiger partial charge in [-0.25, -0.2) is 14.3 Å². The van der Waals surface area contributed by atoms with Crippen molar-refractivity contribution >= 4 is 11.2 Å². The van der Waals surface area contributed by atoms with Crippen molar-refractivity contribution in [2.45, 2.75) is 25.9 Å². The maximum absolute atomic E-state index is 12.7. The Balaban J connectivity index is 1.76. The molecular formula is C18H17N7O3. The van der Waals surface area contributed by atoms with E-state index >= 15 is 0 Å². The van der Waals surface area contributed by atoms with Gasteiger partial charge >= 0.3 is 5.69 Å². The number of hydrogen-bond donors (Lipinski definition) is 2. The van der Waals surface area contributed by atoms with Crippen molar-refractivity contribution in [3.8, 4) is 28.8 Å². The molecule has 1 aliphatic heterocycles. The summed E-state index contributed by atoms with van der Waals surface area (Å²) in [6.07, 6.45) is 4.64. The number of ether oxygens (including phenoxy) is 2. The molecule has 0 saturated heterocycles. The molecule has 0 amide bonds. The van der Waals surface area contributed by atoms with Gasteiger partial charge in [-0.15, -0.1) is 10.2 Å². The number of fused-ring (bicyclic) bond motifs is 3. The molecule has 1 aliphatic rings. The van der Waals surface area contributed by atoms with Gasteiger partial charge < -0.3 is 14.5 Å². The number of rotatable bonds is 1. The Labute approximate surface area is 158 Å². The van der Waals surface area contributed by atoms with E-state index in [9.17, 15) is 4.79 Å². The van der Waals surface area contributed by atoms with Crippen LogP contribution in [0.4, 0.5) is 0 Å².